The molecule has 0 radical (unpaired) electrons. The van der Waals surface area contributed by atoms with Gasteiger partial charge in [-0.3, -0.25) is 9.59 Å². The maximum absolute atomic E-state index is 11.1. The molecule has 1 atom stereocenters. The lowest BCUT2D eigenvalue weighted by Gasteiger charge is -2.29. The van der Waals surface area contributed by atoms with E-state index in [2.05, 4.69) is 5.32 Å². The molecule has 0 fully saturated rings. The van der Waals surface area contributed by atoms with Crippen molar-refractivity contribution in [3.63, 3.8) is 0 Å². The maximum Gasteiger partial charge on any atom is 0.253 e. The largest absolute Gasteiger partial charge is 0.394 e. The normalized spacial score (nSPS) is 14.3. The van der Waals surface area contributed by atoms with E-state index in [4.69, 9.17) is 5.73 Å². The number of nitrogens with two attached hydrogens (primary N) is 1. The molecule has 0 aliphatic heterocycles. The third kappa shape index (κ3) is 1.64. The Morgan fingerprint density at radius 2 is 1.71 bits per heavy atom. The fourth-order valence-corrected chi connectivity index (χ4v) is 0.985. The standard InChI is InChI=1S/C10H16N2O2/c1-5(10(2,3)4)12-7-6(11)8(13)9(7)14/h5,12H,11H2,1-4H3/t5-/m1/s1. The van der Waals surface area contributed by atoms with Crippen molar-refractivity contribution < 1.29 is 0 Å². The molecule has 0 saturated heterocycles. The van der Waals surface area contributed by atoms with E-state index in [0.29, 0.717) is 0 Å². The van der Waals surface area contributed by atoms with Gasteiger partial charge >= 0.3 is 0 Å². The van der Waals surface area contributed by atoms with E-state index in [0.717, 1.165) is 0 Å². The molecule has 0 amide bonds. The minimum atomic E-state index is -0.575. The van der Waals surface area contributed by atoms with Crippen molar-refractivity contribution >= 4 is 11.4 Å². The first-order chi connectivity index (χ1) is 6.25. The Morgan fingerprint density at radius 1 is 1.21 bits per heavy atom. The molecule has 4 nitrogen and oxygen atoms in total. The zero-order valence-electron chi connectivity index (χ0n) is 8.97. The summed E-state index contributed by atoms with van der Waals surface area (Å²) in [7, 11) is 0. The van der Waals surface area contributed by atoms with Crippen molar-refractivity contribution in [2.45, 2.75) is 33.7 Å². The highest BCUT2D eigenvalue weighted by molar-refractivity contribution is 5.71. The molecule has 0 saturated carbocycles. The van der Waals surface area contributed by atoms with Crippen LogP contribution in [0.4, 0.5) is 11.4 Å². The van der Waals surface area contributed by atoms with Gasteiger partial charge in [-0.15, -0.1) is 0 Å². The molecular weight excluding hydrogens is 180 g/mol. The lowest BCUT2D eigenvalue weighted by Crippen LogP contribution is -2.41. The van der Waals surface area contributed by atoms with E-state index in [1.807, 2.05) is 27.7 Å². The molecule has 78 valence electrons. The van der Waals surface area contributed by atoms with Crippen molar-refractivity contribution in [3.8, 4) is 0 Å². The van der Waals surface area contributed by atoms with Crippen LogP contribution in [0, 0.1) is 5.41 Å². The minimum absolute atomic E-state index is 0.0200. The molecular formula is C10H16N2O2. The van der Waals surface area contributed by atoms with Gasteiger partial charge in [0.1, 0.15) is 11.4 Å². The van der Waals surface area contributed by atoms with Crippen molar-refractivity contribution in [1.29, 1.82) is 0 Å². The summed E-state index contributed by atoms with van der Waals surface area (Å²) in [6.07, 6.45) is 0. The second-order valence-corrected chi connectivity index (χ2v) is 4.68. The zero-order valence-corrected chi connectivity index (χ0v) is 8.97. The van der Waals surface area contributed by atoms with E-state index >= 15 is 0 Å². The second-order valence-electron chi connectivity index (χ2n) is 4.68. The maximum atomic E-state index is 11.1. The van der Waals surface area contributed by atoms with Crippen LogP contribution in [0.2, 0.25) is 0 Å². The molecule has 1 aromatic rings. The summed E-state index contributed by atoms with van der Waals surface area (Å²) < 4.78 is 0. The molecule has 0 bridgehead atoms. The zero-order chi connectivity index (χ0) is 11.1. The van der Waals surface area contributed by atoms with Crippen LogP contribution in [0.25, 0.3) is 0 Å². The highest BCUT2D eigenvalue weighted by Crippen LogP contribution is 2.23. The molecule has 1 rings (SSSR count). The number of hydrogen-bond donors (Lipinski definition) is 2. The summed E-state index contributed by atoms with van der Waals surface area (Å²) in [5, 5.41) is 2.97. The van der Waals surface area contributed by atoms with E-state index in [9.17, 15) is 9.59 Å². The first kappa shape index (κ1) is 10.8. The van der Waals surface area contributed by atoms with Gasteiger partial charge in [0.15, 0.2) is 0 Å². The molecule has 0 aromatic heterocycles. The van der Waals surface area contributed by atoms with Crippen molar-refractivity contribution in [3.05, 3.63) is 20.4 Å². The summed E-state index contributed by atoms with van der Waals surface area (Å²) in [6.45, 7) is 8.10. The minimum Gasteiger partial charge on any atom is -0.394 e. The Kier molecular flexibility index (Phi) is 2.39. The molecule has 0 unspecified atom stereocenters. The van der Waals surface area contributed by atoms with E-state index in [-0.39, 0.29) is 22.8 Å². The summed E-state index contributed by atoms with van der Waals surface area (Å²) >= 11 is 0. The molecule has 4 heteroatoms. The van der Waals surface area contributed by atoms with Crippen molar-refractivity contribution in [2.24, 2.45) is 5.41 Å². The van der Waals surface area contributed by atoms with Gasteiger partial charge in [-0.25, -0.2) is 0 Å². The van der Waals surface area contributed by atoms with Crippen LogP contribution in [-0.4, -0.2) is 6.04 Å². The highest BCUT2D eigenvalue weighted by atomic mass is 16.2. The van der Waals surface area contributed by atoms with Gasteiger partial charge in [0.2, 0.25) is 0 Å². The Balaban J connectivity index is 2.83. The molecule has 0 aliphatic carbocycles. The summed E-state index contributed by atoms with van der Waals surface area (Å²) in [5.41, 5.74) is 4.67. The monoisotopic (exact) mass is 196 g/mol. The van der Waals surface area contributed by atoms with Gasteiger partial charge in [0.05, 0.1) is 0 Å². The van der Waals surface area contributed by atoms with Gasteiger partial charge in [-0.2, -0.15) is 0 Å². The Morgan fingerprint density at radius 3 is 2.07 bits per heavy atom. The first-order valence-electron chi connectivity index (χ1n) is 4.60. The smallest absolute Gasteiger partial charge is 0.253 e. The van der Waals surface area contributed by atoms with Gasteiger partial charge in [-0.05, 0) is 12.3 Å². The predicted molar refractivity (Wildman–Crippen MR) is 58.3 cm³/mol. The van der Waals surface area contributed by atoms with E-state index in [1.165, 1.54) is 0 Å². The quantitative estimate of drug-likeness (QED) is 0.683. The van der Waals surface area contributed by atoms with Crippen molar-refractivity contribution in [2.75, 3.05) is 11.1 Å². The molecule has 0 aliphatic rings. The molecule has 1 aromatic carbocycles. The van der Waals surface area contributed by atoms with Crippen LogP contribution in [0.15, 0.2) is 9.59 Å². The van der Waals surface area contributed by atoms with Crippen LogP contribution in [0.3, 0.4) is 0 Å². The number of nitrogen functional groups attached to an aromatic ring is 1. The highest BCUT2D eigenvalue weighted by Gasteiger charge is 2.25. The fraction of sp³-hybridized carbons (Fsp3) is 0.600. The second kappa shape index (κ2) is 3.12. The topological polar surface area (TPSA) is 72.2 Å². The van der Waals surface area contributed by atoms with Gasteiger partial charge in [0, 0.05) is 6.04 Å². The van der Waals surface area contributed by atoms with Crippen LogP contribution in [0.5, 0.6) is 0 Å². The van der Waals surface area contributed by atoms with Crippen LogP contribution in [-0.2, 0) is 0 Å². The van der Waals surface area contributed by atoms with Crippen LogP contribution < -0.4 is 21.9 Å². The Labute approximate surface area is 82.8 Å². The Bertz CT molecular complexity index is 408. The van der Waals surface area contributed by atoms with Crippen LogP contribution in [0.1, 0.15) is 27.7 Å². The van der Waals surface area contributed by atoms with Crippen LogP contribution >= 0.6 is 0 Å². The lowest BCUT2D eigenvalue weighted by molar-refractivity contribution is 0.359. The molecule has 14 heavy (non-hydrogen) atoms. The summed E-state index contributed by atoms with van der Waals surface area (Å²) in [6, 6.07) is 0.0908. The first-order valence-corrected chi connectivity index (χ1v) is 4.60. The van der Waals surface area contributed by atoms with E-state index in [1.54, 1.807) is 0 Å². The molecule has 0 heterocycles. The Hall–Kier alpha value is -1.32. The third-order valence-electron chi connectivity index (χ3n) is 2.61. The third-order valence-corrected chi connectivity index (χ3v) is 2.61. The predicted octanol–water partition coefficient (Wildman–Crippen LogP) is 0.711. The van der Waals surface area contributed by atoms with E-state index < -0.39 is 10.9 Å². The average Bonchev–Trinajstić information content (AvgIpc) is 2.10. The van der Waals surface area contributed by atoms with Gasteiger partial charge in [-0.1, -0.05) is 20.8 Å². The fourth-order valence-electron chi connectivity index (χ4n) is 0.985. The number of hydrogen-bond acceptors (Lipinski definition) is 4. The van der Waals surface area contributed by atoms with Crippen molar-refractivity contribution in [1.82, 2.24) is 0 Å². The molecule has 3 N–H and O–H groups in total. The molecule has 0 spiro atoms. The van der Waals surface area contributed by atoms with Gasteiger partial charge in [0.25, 0.3) is 10.9 Å². The number of nitrogens with one attached hydrogen (secondary N) is 1. The average molecular weight is 196 g/mol. The number of anilines is 2. The van der Waals surface area contributed by atoms with Gasteiger partial charge < -0.3 is 11.1 Å². The summed E-state index contributed by atoms with van der Waals surface area (Å²) in [4.78, 5) is 21.9. The summed E-state index contributed by atoms with van der Waals surface area (Å²) in [5.74, 6) is 0. The lowest BCUT2D eigenvalue weighted by atomic mass is 9.87. The SMILES string of the molecule is C[C@@H](Nc1c(N)c(=O)c1=O)C(C)(C)C. The number of rotatable bonds is 2.